The van der Waals surface area contributed by atoms with Crippen LogP contribution in [0.25, 0.3) is 0 Å². The van der Waals surface area contributed by atoms with Crippen LogP contribution in [-0.4, -0.2) is 29.9 Å². The van der Waals surface area contributed by atoms with Gasteiger partial charge in [-0.05, 0) is 29.7 Å². The quantitative estimate of drug-likeness (QED) is 0.809. The van der Waals surface area contributed by atoms with E-state index in [1.54, 1.807) is 17.0 Å². The van der Waals surface area contributed by atoms with Crippen molar-refractivity contribution in [1.29, 1.82) is 0 Å². The molecule has 4 nitrogen and oxygen atoms in total. The van der Waals surface area contributed by atoms with Gasteiger partial charge in [0.1, 0.15) is 4.88 Å². The van der Waals surface area contributed by atoms with Crippen LogP contribution in [0.1, 0.15) is 20.8 Å². The number of amides is 1. The molecule has 22 heavy (non-hydrogen) atoms. The maximum atomic E-state index is 12.2. The Hall–Kier alpha value is -1.85. The highest BCUT2D eigenvalue weighted by atomic mass is 35.5. The summed E-state index contributed by atoms with van der Waals surface area (Å²) < 4.78 is 5.59. The predicted molar refractivity (Wildman–Crippen MR) is 85.2 cm³/mol. The molecule has 0 saturated carbocycles. The van der Waals surface area contributed by atoms with Crippen molar-refractivity contribution < 1.29 is 14.3 Å². The highest BCUT2D eigenvalue weighted by molar-refractivity contribution is 7.17. The molecule has 6 heteroatoms. The Bertz CT molecular complexity index is 713. The summed E-state index contributed by atoms with van der Waals surface area (Å²) in [5.41, 5.74) is 2.43. The third kappa shape index (κ3) is 3.31. The first kappa shape index (κ1) is 15.1. The lowest BCUT2D eigenvalue weighted by molar-refractivity contribution is -0.135. The summed E-state index contributed by atoms with van der Waals surface area (Å²) in [5, 5.41) is 0. The minimum atomic E-state index is -0.511. The monoisotopic (exact) mass is 335 g/mol. The Morgan fingerprint density at radius 1 is 1.18 bits per heavy atom. The number of fused-ring (bicyclic) bond motifs is 1. The highest BCUT2D eigenvalue weighted by Gasteiger charge is 2.21. The third-order valence-electron chi connectivity index (χ3n) is 3.58. The van der Waals surface area contributed by atoms with Crippen molar-refractivity contribution >= 4 is 34.8 Å². The molecule has 0 aliphatic carbocycles. The number of carbonyl (C=O) groups is 2. The molecule has 0 unspecified atom stereocenters. The third-order valence-corrected chi connectivity index (χ3v) is 4.80. The lowest BCUT2D eigenvalue weighted by Gasteiger charge is -2.28. The SMILES string of the molecule is O=C(OCC(=O)N1CCc2ccccc2C1)c1ccc(Cl)s1. The van der Waals surface area contributed by atoms with Gasteiger partial charge in [0.2, 0.25) is 0 Å². The molecule has 0 spiro atoms. The molecular weight excluding hydrogens is 322 g/mol. The fourth-order valence-corrected chi connectivity index (χ4v) is 3.36. The molecule has 1 amide bonds. The fourth-order valence-electron chi connectivity index (χ4n) is 2.42. The molecule has 0 saturated heterocycles. The molecule has 0 N–H and O–H groups in total. The largest absolute Gasteiger partial charge is 0.451 e. The van der Waals surface area contributed by atoms with E-state index in [1.165, 1.54) is 5.56 Å². The number of hydrogen-bond acceptors (Lipinski definition) is 4. The molecule has 114 valence electrons. The van der Waals surface area contributed by atoms with Crippen LogP contribution in [0.3, 0.4) is 0 Å². The summed E-state index contributed by atoms with van der Waals surface area (Å²) in [6.45, 7) is 0.978. The Morgan fingerprint density at radius 2 is 1.95 bits per heavy atom. The second-order valence-electron chi connectivity index (χ2n) is 5.01. The number of nitrogens with zero attached hydrogens (tertiary/aromatic N) is 1. The van der Waals surface area contributed by atoms with Gasteiger partial charge in [-0.1, -0.05) is 35.9 Å². The summed E-state index contributed by atoms with van der Waals surface area (Å²) in [4.78, 5) is 26.1. The number of carbonyl (C=O) groups excluding carboxylic acids is 2. The van der Waals surface area contributed by atoms with Gasteiger partial charge >= 0.3 is 5.97 Å². The average Bonchev–Trinajstić information content (AvgIpc) is 2.98. The van der Waals surface area contributed by atoms with Crippen LogP contribution in [-0.2, 0) is 22.5 Å². The van der Waals surface area contributed by atoms with E-state index >= 15 is 0 Å². The van der Waals surface area contributed by atoms with Crippen LogP contribution < -0.4 is 0 Å². The van der Waals surface area contributed by atoms with Crippen LogP contribution in [0.5, 0.6) is 0 Å². The number of benzene rings is 1. The van der Waals surface area contributed by atoms with Gasteiger partial charge in [0.25, 0.3) is 5.91 Å². The molecule has 0 atom stereocenters. The molecule has 0 fully saturated rings. The number of halogens is 1. The predicted octanol–water partition coefficient (Wildman–Crippen LogP) is 3.14. The fraction of sp³-hybridized carbons (Fsp3) is 0.250. The normalized spacial score (nSPS) is 13.6. The van der Waals surface area contributed by atoms with Gasteiger partial charge in [-0.2, -0.15) is 0 Å². The first-order valence-electron chi connectivity index (χ1n) is 6.90. The molecule has 1 aromatic heterocycles. The number of hydrogen-bond donors (Lipinski definition) is 0. The molecule has 1 aliphatic rings. The first-order chi connectivity index (χ1) is 10.6. The molecule has 3 rings (SSSR count). The van der Waals surface area contributed by atoms with Crippen LogP contribution in [0, 0.1) is 0 Å². The Labute approximate surface area is 137 Å². The van der Waals surface area contributed by atoms with Gasteiger partial charge in [-0.25, -0.2) is 4.79 Å². The Balaban J connectivity index is 1.56. The lowest BCUT2D eigenvalue weighted by atomic mass is 10.00. The lowest BCUT2D eigenvalue weighted by Crippen LogP contribution is -2.38. The van der Waals surface area contributed by atoms with E-state index in [0.717, 1.165) is 23.3 Å². The van der Waals surface area contributed by atoms with E-state index in [9.17, 15) is 9.59 Å². The van der Waals surface area contributed by atoms with Gasteiger partial charge in [0.15, 0.2) is 6.61 Å². The highest BCUT2D eigenvalue weighted by Crippen LogP contribution is 2.22. The van der Waals surface area contributed by atoms with Crippen LogP contribution >= 0.6 is 22.9 Å². The molecular formula is C16H14ClNO3S. The molecule has 2 aromatic rings. The standard InChI is InChI=1S/C16H14ClNO3S/c17-14-6-5-13(22-14)16(20)21-10-15(19)18-8-7-11-3-1-2-4-12(11)9-18/h1-6H,7-10H2. The topological polar surface area (TPSA) is 46.6 Å². The number of ether oxygens (including phenoxy) is 1. The minimum absolute atomic E-state index is 0.175. The van der Waals surface area contributed by atoms with Gasteiger partial charge in [0.05, 0.1) is 4.34 Å². The Kier molecular flexibility index (Phi) is 4.45. The zero-order valence-electron chi connectivity index (χ0n) is 11.8. The molecule has 0 radical (unpaired) electrons. The Morgan fingerprint density at radius 3 is 2.68 bits per heavy atom. The second-order valence-corrected chi connectivity index (χ2v) is 6.73. The summed E-state index contributed by atoms with van der Waals surface area (Å²) in [7, 11) is 0. The van der Waals surface area contributed by atoms with Crippen molar-refractivity contribution in [2.45, 2.75) is 13.0 Å². The van der Waals surface area contributed by atoms with Crippen molar-refractivity contribution in [3.05, 3.63) is 56.7 Å². The second kappa shape index (κ2) is 6.50. The summed E-state index contributed by atoms with van der Waals surface area (Å²) in [5.74, 6) is -0.687. The molecule has 0 bridgehead atoms. The molecule has 1 aliphatic heterocycles. The van der Waals surface area contributed by atoms with E-state index in [1.807, 2.05) is 18.2 Å². The van der Waals surface area contributed by atoms with E-state index in [2.05, 4.69) is 6.07 Å². The number of thiophene rings is 1. The van der Waals surface area contributed by atoms with Crippen LogP contribution in [0.2, 0.25) is 4.34 Å². The van der Waals surface area contributed by atoms with Crippen molar-refractivity contribution in [2.24, 2.45) is 0 Å². The first-order valence-corrected chi connectivity index (χ1v) is 8.10. The zero-order chi connectivity index (χ0) is 15.5. The van der Waals surface area contributed by atoms with Gasteiger partial charge in [-0.15, -0.1) is 11.3 Å². The smallest absolute Gasteiger partial charge is 0.348 e. The van der Waals surface area contributed by atoms with Gasteiger partial charge in [-0.3, -0.25) is 4.79 Å². The van der Waals surface area contributed by atoms with Gasteiger partial charge in [0, 0.05) is 13.1 Å². The van der Waals surface area contributed by atoms with Crippen LogP contribution in [0.4, 0.5) is 0 Å². The maximum Gasteiger partial charge on any atom is 0.348 e. The van der Waals surface area contributed by atoms with E-state index < -0.39 is 5.97 Å². The van der Waals surface area contributed by atoms with E-state index in [4.69, 9.17) is 16.3 Å². The van der Waals surface area contributed by atoms with Crippen molar-refractivity contribution in [3.8, 4) is 0 Å². The number of esters is 1. The van der Waals surface area contributed by atoms with Gasteiger partial charge < -0.3 is 9.64 Å². The maximum absolute atomic E-state index is 12.2. The average molecular weight is 336 g/mol. The molecule has 1 aromatic carbocycles. The summed E-state index contributed by atoms with van der Waals surface area (Å²) in [6, 6.07) is 11.3. The summed E-state index contributed by atoms with van der Waals surface area (Å²) in [6.07, 6.45) is 0.830. The molecule has 2 heterocycles. The van der Waals surface area contributed by atoms with Crippen molar-refractivity contribution in [2.75, 3.05) is 13.2 Å². The van der Waals surface area contributed by atoms with E-state index in [0.29, 0.717) is 22.3 Å². The minimum Gasteiger partial charge on any atom is -0.451 e. The van der Waals surface area contributed by atoms with Crippen LogP contribution in [0.15, 0.2) is 36.4 Å². The summed E-state index contributed by atoms with van der Waals surface area (Å²) >= 11 is 6.91. The number of rotatable bonds is 3. The van der Waals surface area contributed by atoms with E-state index in [-0.39, 0.29) is 12.5 Å². The zero-order valence-corrected chi connectivity index (χ0v) is 13.3. The van der Waals surface area contributed by atoms with Crippen molar-refractivity contribution in [3.63, 3.8) is 0 Å². The van der Waals surface area contributed by atoms with Crippen molar-refractivity contribution in [1.82, 2.24) is 4.90 Å².